The predicted molar refractivity (Wildman–Crippen MR) is 91.1 cm³/mol. The Labute approximate surface area is 140 Å². The van der Waals surface area contributed by atoms with Crippen LogP contribution in [0.1, 0.15) is 33.3 Å². The van der Waals surface area contributed by atoms with Gasteiger partial charge in [0.1, 0.15) is 11.8 Å². The Kier molecular flexibility index (Phi) is 3.78. The number of pyridine rings is 1. The molecule has 1 amide bonds. The largest absolute Gasteiger partial charge is 0.371 e. The van der Waals surface area contributed by atoms with Gasteiger partial charge in [-0.1, -0.05) is 24.3 Å². The van der Waals surface area contributed by atoms with Gasteiger partial charge in [-0.25, -0.2) is 4.98 Å². The SMILES string of the molecule is Cc1cn2cc(C(=O)NCC3OCCc4ccccc43)ccc2n1. The second kappa shape index (κ2) is 6.09. The van der Waals surface area contributed by atoms with Crippen molar-refractivity contribution in [2.45, 2.75) is 19.4 Å². The molecule has 1 aliphatic heterocycles. The highest BCUT2D eigenvalue weighted by molar-refractivity contribution is 5.94. The summed E-state index contributed by atoms with van der Waals surface area (Å²) in [6.07, 6.45) is 4.56. The van der Waals surface area contributed by atoms with E-state index in [0.29, 0.717) is 18.7 Å². The summed E-state index contributed by atoms with van der Waals surface area (Å²) in [6, 6.07) is 11.9. The second-order valence-electron chi connectivity index (χ2n) is 6.08. The van der Waals surface area contributed by atoms with Crippen molar-refractivity contribution in [3.8, 4) is 0 Å². The molecule has 1 N–H and O–H groups in total. The van der Waals surface area contributed by atoms with Crippen molar-refractivity contribution in [2.75, 3.05) is 13.2 Å². The van der Waals surface area contributed by atoms with Crippen LogP contribution in [0.3, 0.4) is 0 Å². The Hall–Kier alpha value is -2.66. The van der Waals surface area contributed by atoms with E-state index in [4.69, 9.17) is 4.74 Å². The molecule has 5 nitrogen and oxygen atoms in total. The molecule has 5 heteroatoms. The zero-order valence-electron chi connectivity index (χ0n) is 13.5. The Morgan fingerprint density at radius 2 is 2.17 bits per heavy atom. The number of nitrogens with one attached hydrogen (secondary N) is 1. The fourth-order valence-corrected chi connectivity index (χ4v) is 3.19. The van der Waals surface area contributed by atoms with Crippen LogP contribution in [0.2, 0.25) is 0 Å². The van der Waals surface area contributed by atoms with Crippen LogP contribution < -0.4 is 5.32 Å². The van der Waals surface area contributed by atoms with Crippen LogP contribution in [0.4, 0.5) is 0 Å². The lowest BCUT2D eigenvalue weighted by atomic mass is 9.97. The van der Waals surface area contributed by atoms with Crippen molar-refractivity contribution in [2.24, 2.45) is 0 Å². The van der Waals surface area contributed by atoms with Gasteiger partial charge < -0.3 is 14.5 Å². The van der Waals surface area contributed by atoms with Crippen LogP contribution in [0, 0.1) is 6.92 Å². The summed E-state index contributed by atoms with van der Waals surface area (Å²) in [4.78, 5) is 16.8. The molecular formula is C19H19N3O2. The van der Waals surface area contributed by atoms with Crippen molar-refractivity contribution in [3.63, 3.8) is 0 Å². The Balaban J connectivity index is 1.48. The lowest BCUT2D eigenvalue weighted by molar-refractivity contribution is 0.0411. The molecule has 1 atom stereocenters. The van der Waals surface area contributed by atoms with Crippen LogP contribution in [0.25, 0.3) is 5.65 Å². The molecule has 1 aromatic carbocycles. The molecule has 0 saturated heterocycles. The summed E-state index contributed by atoms with van der Waals surface area (Å²) in [6.45, 7) is 3.10. The van der Waals surface area contributed by atoms with Crippen LogP contribution in [0.5, 0.6) is 0 Å². The number of amides is 1. The van der Waals surface area contributed by atoms with E-state index in [1.807, 2.05) is 35.7 Å². The van der Waals surface area contributed by atoms with Crippen LogP contribution in [-0.2, 0) is 11.2 Å². The van der Waals surface area contributed by atoms with Crippen LogP contribution in [-0.4, -0.2) is 28.4 Å². The molecule has 0 spiro atoms. The Morgan fingerprint density at radius 3 is 3.08 bits per heavy atom. The normalized spacial score (nSPS) is 16.8. The lowest BCUT2D eigenvalue weighted by Crippen LogP contribution is -2.32. The van der Waals surface area contributed by atoms with Gasteiger partial charge in [0.2, 0.25) is 0 Å². The summed E-state index contributed by atoms with van der Waals surface area (Å²) in [5.41, 5.74) is 4.86. The van der Waals surface area contributed by atoms with Gasteiger partial charge in [0, 0.05) is 18.9 Å². The number of carbonyl (C=O) groups excluding carboxylic acids is 1. The molecule has 0 fully saturated rings. The molecule has 1 aliphatic rings. The molecule has 0 saturated carbocycles. The standard InChI is InChI=1S/C19H19N3O2/c1-13-11-22-12-15(6-7-18(22)21-13)19(23)20-10-17-16-5-3-2-4-14(16)8-9-24-17/h2-7,11-12,17H,8-10H2,1H3,(H,20,23). The second-order valence-corrected chi connectivity index (χ2v) is 6.08. The monoisotopic (exact) mass is 321 g/mol. The van der Waals surface area contributed by atoms with E-state index in [1.165, 1.54) is 11.1 Å². The molecule has 0 aliphatic carbocycles. The van der Waals surface area contributed by atoms with Crippen molar-refractivity contribution < 1.29 is 9.53 Å². The number of nitrogens with zero attached hydrogens (tertiary/aromatic N) is 2. The first-order chi connectivity index (χ1) is 11.7. The maximum atomic E-state index is 12.4. The zero-order chi connectivity index (χ0) is 16.5. The van der Waals surface area contributed by atoms with E-state index in [1.54, 1.807) is 12.3 Å². The highest BCUT2D eigenvalue weighted by atomic mass is 16.5. The number of hydrogen-bond donors (Lipinski definition) is 1. The molecule has 122 valence electrons. The van der Waals surface area contributed by atoms with Gasteiger partial charge in [0.05, 0.1) is 17.9 Å². The minimum absolute atomic E-state index is 0.0851. The molecular weight excluding hydrogens is 302 g/mol. The maximum Gasteiger partial charge on any atom is 0.252 e. The van der Waals surface area contributed by atoms with Crippen molar-refractivity contribution in [1.82, 2.24) is 14.7 Å². The number of ether oxygens (including phenoxy) is 1. The average molecular weight is 321 g/mol. The number of aryl methyl sites for hydroxylation is 1. The third-order valence-corrected chi connectivity index (χ3v) is 4.37. The first kappa shape index (κ1) is 14.9. The van der Waals surface area contributed by atoms with E-state index in [2.05, 4.69) is 22.4 Å². The average Bonchev–Trinajstić information content (AvgIpc) is 2.98. The van der Waals surface area contributed by atoms with Crippen molar-refractivity contribution in [1.29, 1.82) is 0 Å². The summed E-state index contributed by atoms with van der Waals surface area (Å²) in [5, 5.41) is 2.98. The highest BCUT2D eigenvalue weighted by Gasteiger charge is 2.21. The molecule has 4 rings (SSSR count). The lowest BCUT2D eigenvalue weighted by Gasteiger charge is -2.26. The van der Waals surface area contributed by atoms with Gasteiger partial charge in [-0.15, -0.1) is 0 Å². The van der Waals surface area contributed by atoms with Gasteiger partial charge >= 0.3 is 0 Å². The number of carbonyl (C=O) groups is 1. The molecule has 0 bridgehead atoms. The van der Waals surface area contributed by atoms with Crippen LogP contribution >= 0.6 is 0 Å². The summed E-state index contributed by atoms with van der Waals surface area (Å²) >= 11 is 0. The van der Waals surface area contributed by atoms with Crippen molar-refractivity contribution in [3.05, 3.63) is 71.2 Å². The summed E-state index contributed by atoms with van der Waals surface area (Å²) in [5.74, 6) is -0.102. The molecule has 24 heavy (non-hydrogen) atoms. The number of aromatic nitrogens is 2. The highest BCUT2D eigenvalue weighted by Crippen LogP contribution is 2.26. The predicted octanol–water partition coefficient (Wildman–Crippen LogP) is 2.69. The van der Waals surface area contributed by atoms with E-state index in [-0.39, 0.29) is 12.0 Å². The van der Waals surface area contributed by atoms with Gasteiger partial charge in [0.15, 0.2) is 0 Å². The molecule has 2 aromatic heterocycles. The summed E-state index contributed by atoms with van der Waals surface area (Å²) < 4.78 is 7.71. The number of fused-ring (bicyclic) bond motifs is 2. The number of hydrogen-bond acceptors (Lipinski definition) is 3. The fraction of sp³-hybridized carbons (Fsp3) is 0.263. The zero-order valence-corrected chi connectivity index (χ0v) is 13.5. The number of imidazole rings is 1. The van der Waals surface area contributed by atoms with Gasteiger partial charge in [-0.2, -0.15) is 0 Å². The molecule has 3 heterocycles. The van der Waals surface area contributed by atoms with Crippen molar-refractivity contribution >= 4 is 11.6 Å². The van der Waals surface area contributed by atoms with Gasteiger partial charge in [-0.3, -0.25) is 4.79 Å². The summed E-state index contributed by atoms with van der Waals surface area (Å²) in [7, 11) is 0. The molecule has 3 aromatic rings. The first-order valence-electron chi connectivity index (χ1n) is 8.14. The third kappa shape index (κ3) is 2.78. The number of rotatable bonds is 3. The van der Waals surface area contributed by atoms with E-state index in [9.17, 15) is 4.79 Å². The van der Waals surface area contributed by atoms with Crippen LogP contribution in [0.15, 0.2) is 48.8 Å². The first-order valence-corrected chi connectivity index (χ1v) is 8.14. The maximum absolute atomic E-state index is 12.4. The van der Waals surface area contributed by atoms with E-state index in [0.717, 1.165) is 17.8 Å². The minimum Gasteiger partial charge on any atom is -0.371 e. The number of benzene rings is 1. The topological polar surface area (TPSA) is 55.6 Å². The van der Waals surface area contributed by atoms with E-state index < -0.39 is 0 Å². The smallest absolute Gasteiger partial charge is 0.252 e. The Morgan fingerprint density at radius 1 is 1.29 bits per heavy atom. The molecule has 0 radical (unpaired) electrons. The molecule has 1 unspecified atom stereocenters. The quantitative estimate of drug-likeness (QED) is 0.807. The van der Waals surface area contributed by atoms with E-state index >= 15 is 0 Å². The minimum atomic E-state index is -0.102. The van der Waals surface area contributed by atoms with Gasteiger partial charge in [0.25, 0.3) is 5.91 Å². The Bertz CT molecular complexity index is 901. The third-order valence-electron chi connectivity index (χ3n) is 4.37. The van der Waals surface area contributed by atoms with Gasteiger partial charge in [-0.05, 0) is 36.6 Å². The fourth-order valence-electron chi connectivity index (χ4n) is 3.19.